The maximum atomic E-state index is 10.4. The van der Waals surface area contributed by atoms with E-state index in [-0.39, 0.29) is 6.61 Å². The second-order valence-corrected chi connectivity index (χ2v) is 3.51. The van der Waals surface area contributed by atoms with Crippen LogP contribution in [0.2, 0.25) is 0 Å². The molecule has 0 aliphatic rings. The lowest BCUT2D eigenvalue weighted by Crippen LogP contribution is -2.01. The van der Waals surface area contributed by atoms with Gasteiger partial charge in [-0.1, -0.05) is 0 Å². The van der Waals surface area contributed by atoms with Gasteiger partial charge in [0.15, 0.2) is 12.1 Å². The third kappa shape index (κ3) is 3.04. The average molecular weight is 244 g/mol. The minimum atomic E-state index is 0.255. The number of rotatable bonds is 5. The van der Waals surface area contributed by atoms with Gasteiger partial charge in [0, 0.05) is 12.4 Å². The Balaban J connectivity index is 1.95. The molecule has 0 fully saturated rings. The lowest BCUT2D eigenvalue weighted by atomic mass is 10.3. The largest absolute Gasteiger partial charge is 0.497 e. The van der Waals surface area contributed by atoms with Crippen molar-refractivity contribution in [3.8, 4) is 11.5 Å². The summed E-state index contributed by atoms with van der Waals surface area (Å²) >= 11 is 0. The number of nitrogens with zero attached hydrogens (tertiary/aromatic N) is 2. The first-order valence-corrected chi connectivity index (χ1v) is 5.35. The Bertz CT molecular complexity index is 509. The monoisotopic (exact) mass is 244 g/mol. The summed E-state index contributed by atoms with van der Waals surface area (Å²) < 4.78 is 10.5. The summed E-state index contributed by atoms with van der Waals surface area (Å²) in [5.74, 6) is 2.00. The molecule has 5 nitrogen and oxygen atoms in total. The van der Waals surface area contributed by atoms with Gasteiger partial charge < -0.3 is 9.47 Å². The normalized spacial score (nSPS) is 9.83. The quantitative estimate of drug-likeness (QED) is 0.751. The summed E-state index contributed by atoms with van der Waals surface area (Å²) in [7, 11) is 1.61. The number of carbonyl (C=O) groups is 1. The molecule has 0 unspecified atom stereocenters. The van der Waals surface area contributed by atoms with E-state index < -0.39 is 0 Å². The number of aldehydes is 1. The van der Waals surface area contributed by atoms with E-state index in [1.54, 1.807) is 19.2 Å². The van der Waals surface area contributed by atoms with Crippen LogP contribution in [0.25, 0.3) is 0 Å². The molecule has 0 aliphatic heterocycles. The highest BCUT2D eigenvalue weighted by atomic mass is 16.5. The Morgan fingerprint density at radius 1 is 1.11 bits per heavy atom. The fraction of sp³-hybridized carbons (Fsp3) is 0.154. The molecular weight excluding hydrogens is 232 g/mol. The van der Waals surface area contributed by atoms with Crippen molar-refractivity contribution >= 4 is 6.29 Å². The Hall–Kier alpha value is -2.43. The van der Waals surface area contributed by atoms with E-state index in [1.165, 1.54) is 12.4 Å². The maximum Gasteiger partial charge on any atom is 0.166 e. The van der Waals surface area contributed by atoms with Gasteiger partial charge in [0.25, 0.3) is 0 Å². The fourth-order valence-corrected chi connectivity index (χ4v) is 1.32. The first-order chi connectivity index (χ1) is 8.81. The number of ether oxygens (including phenoxy) is 2. The minimum Gasteiger partial charge on any atom is -0.497 e. The van der Waals surface area contributed by atoms with Crippen molar-refractivity contribution in [3.05, 3.63) is 48.0 Å². The third-order valence-corrected chi connectivity index (χ3v) is 2.29. The van der Waals surface area contributed by atoms with Gasteiger partial charge in [-0.25, -0.2) is 9.97 Å². The molecule has 5 heteroatoms. The van der Waals surface area contributed by atoms with Crippen LogP contribution in [0.5, 0.6) is 11.5 Å². The summed E-state index contributed by atoms with van der Waals surface area (Å²) in [5.41, 5.74) is 0.447. The highest BCUT2D eigenvalue weighted by Crippen LogP contribution is 2.17. The second kappa shape index (κ2) is 5.77. The Kier molecular flexibility index (Phi) is 3.86. The average Bonchev–Trinajstić information content (AvgIpc) is 2.46. The van der Waals surface area contributed by atoms with E-state index in [2.05, 4.69) is 9.97 Å². The maximum absolute atomic E-state index is 10.4. The first kappa shape index (κ1) is 12.0. The zero-order valence-corrected chi connectivity index (χ0v) is 9.87. The number of aromatic nitrogens is 2. The van der Waals surface area contributed by atoms with Gasteiger partial charge in [-0.3, -0.25) is 4.79 Å². The van der Waals surface area contributed by atoms with E-state index in [1.807, 2.05) is 12.1 Å². The molecule has 2 rings (SSSR count). The molecule has 1 heterocycles. The van der Waals surface area contributed by atoms with Gasteiger partial charge in [0.2, 0.25) is 0 Å². The van der Waals surface area contributed by atoms with Crippen LogP contribution in [0, 0.1) is 0 Å². The van der Waals surface area contributed by atoms with Crippen molar-refractivity contribution in [3.63, 3.8) is 0 Å². The lowest BCUT2D eigenvalue weighted by Gasteiger charge is -2.06. The highest BCUT2D eigenvalue weighted by molar-refractivity contribution is 5.73. The smallest absolute Gasteiger partial charge is 0.166 e. The van der Waals surface area contributed by atoms with Crippen molar-refractivity contribution in [2.24, 2.45) is 0 Å². The van der Waals surface area contributed by atoms with Crippen molar-refractivity contribution in [2.75, 3.05) is 7.11 Å². The molecule has 1 aromatic carbocycles. The Labute approximate surface area is 104 Å². The number of benzene rings is 1. The van der Waals surface area contributed by atoms with E-state index in [0.29, 0.717) is 23.4 Å². The zero-order valence-electron chi connectivity index (χ0n) is 9.87. The molecule has 0 saturated heterocycles. The molecule has 0 spiro atoms. The molecule has 0 saturated carbocycles. The van der Waals surface area contributed by atoms with Gasteiger partial charge in [-0.15, -0.1) is 0 Å². The molecule has 0 aliphatic carbocycles. The number of hydrogen-bond donors (Lipinski definition) is 0. The van der Waals surface area contributed by atoms with Crippen molar-refractivity contribution < 1.29 is 14.3 Å². The summed E-state index contributed by atoms with van der Waals surface area (Å²) in [6.45, 7) is 0.255. The standard InChI is InChI=1S/C13H12N2O3/c1-17-11-2-4-12(5-3-11)18-9-13-14-6-10(8-16)7-15-13/h2-8H,9H2,1H3. The minimum absolute atomic E-state index is 0.255. The van der Waals surface area contributed by atoms with Crippen LogP contribution in [0.1, 0.15) is 16.2 Å². The molecule has 2 aromatic rings. The van der Waals surface area contributed by atoms with Crippen LogP contribution in [0.15, 0.2) is 36.7 Å². The molecule has 1 aromatic heterocycles. The highest BCUT2D eigenvalue weighted by Gasteiger charge is 1.99. The molecule has 92 valence electrons. The van der Waals surface area contributed by atoms with Crippen LogP contribution >= 0.6 is 0 Å². The Morgan fingerprint density at radius 2 is 1.72 bits per heavy atom. The van der Waals surface area contributed by atoms with Gasteiger partial charge in [0.05, 0.1) is 12.7 Å². The number of hydrogen-bond acceptors (Lipinski definition) is 5. The van der Waals surface area contributed by atoms with Crippen LogP contribution in [0.3, 0.4) is 0 Å². The van der Waals surface area contributed by atoms with Crippen molar-refractivity contribution in [1.82, 2.24) is 9.97 Å². The van der Waals surface area contributed by atoms with Crippen LogP contribution in [-0.4, -0.2) is 23.4 Å². The summed E-state index contributed by atoms with van der Waals surface area (Å²) in [5, 5.41) is 0. The van der Waals surface area contributed by atoms with Crippen molar-refractivity contribution in [1.29, 1.82) is 0 Å². The molecule has 18 heavy (non-hydrogen) atoms. The molecule has 0 radical (unpaired) electrons. The molecule has 0 N–H and O–H groups in total. The molecule has 0 atom stereocenters. The van der Waals surface area contributed by atoms with Gasteiger partial charge in [0.1, 0.15) is 18.1 Å². The Morgan fingerprint density at radius 3 is 2.28 bits per heavy atom. The fourth-order valence-electron chi connectivity index (χ4n) is 1.32. The summed E-state index contributed by atoms with van der Waals surface area (Å²) in [6, 6.07) is 7.23. The SMILES string of the molecule is COc1ccc(OCc2ncc(C=O)cn2)cc1. The second-order valence-electron chi connectivity index (χ2n) is 3.51. The third-order valence-electron chi connectivity index (χ3n) is 2.29. The van der Waals surface area contributed by atoms with E-state index in [4.69, 9.17) is 9.47 Å². The number of methoxy groups -OCH3 is 1. The van der Waals surface area contributed by atoms with E-state index in [9.17, 15) is 4.79 Å². The van der Waals surface area contributed by atoms with Crippen molar-refractivity contribution in [2.45, 2.75) is 6.61 Å². The van der Waals surface area contributed by atoms with E-state index in [0.717, 1.165) is 5.75 Å². The topological polar surface area (TPSA) is 61.3 Å². The van der Waals surface area contributed by atoms with Gasteiger partial charge in [-0.05, 0) is 24.3 Å². The summed E-state index contributed by atoms with van der Waals surface area (Å²) in [4.78, 5) is 18.4. The van der Waals surface area contributed by atoms with Crippen LogP contribution in [-0.2, 0) is 6.61 Å². The molecule has 0 amide bonds. The number of carbonyl (C=O) groups excluding carboxylic acids is 1. The summed E-state index contributed by atoms with van der Waals surface area (Å²) in [6.07, 6.45) is 3.63. The predicted octanol–water partition coefficient (Wildman–Crippen LogP) is 1.88. The predicted molar refractivity (Wildman–Crippen MR) is 64.7 cm³/mol. The van der Waals surface area contributed by atoms with Crippen LogP contribution in [0.4, 0.5) is 0 Å². The molecular formula is C13H12N2O3. The van der Waals surface area contributed by atoms with Gasteiger partial charge >= 0.3 is 0 Å². The molecule has 0 bridgehead atoms. The zero-order chi connectivity index (χ0) is 12.8. The van der Waals surface area contributed by atoms with Gasteiger partial charge in [-0.2, -0.15) is 0 Å². The van der Waals surface area contributed by atoms with E-state index >= 15 is 0 Å². The first-order valence-electron chi connectivity index (χ1n) is 5.35. The lowest BCUT2D eigenvalue weighted by molar-refractivity contribution is 0.112. The van der Waals surface area contributed by atoms with Crippen LogP contribution < -0.4 is 9.47 Å².